The molecule has 0 radical (unpaired) electrons. The van der Waals surface area contributed by atoms with Gasteiger partial charge in [0.25, 0.3) is 0 Å². The van der Waals surface area contributed by atoms with Crippen LogP contribution in [0.2, 0.25) is 0 Å². The summed E-state index contributed by atoms with van der Waals surface area (Å²) >= 11 is 0. The van der Waals surface area contributed by atoms with Crippen LogP contribution in [0.1, 0.15) is 17.9 Å². The molecule has 0 aromatic carbocycles. The van der Waals surface area contributed by atoms with Gasteiger partial charge in [-0.3, -0.25) is 4.79 Å². The standard InChI is InChI=1S/C14H22N4O4S/c1-10-7-13(16-11(2)15-10)22-12-5-6-18(8-12)14(19)9-17(3)23(4,20)21/h7,12H,5-6,8-9H2,1-4H3/t12-/m0/s1. The fourth-order valence-electron chi connectivity index (χ4n) is 2.37. The van der Waals surface area contributed by atoms with Gasteiger partial charge in [-0.25, -0.2) is 13.4 Å². The van der Waals surface area contributed by atoms with Crippen LogP contribution in [-0.4, -0.2) is 72.5 Å². The molecule has 1 aromatic rings. The quantitative estimate of drug-likeness (QED) is 0.746. The molecule has 0 N–H and O–H groups in total. The van der Waals surface area contributed by atoms with E-state index in [0.29, 0.717) is 31.2 Å². The Morgan fingerprint density at radius 3 is 2.74 bits per heavy atom. The maximum absolute atomic E-state index is 12.1. The first-order valence-corrected chi connectivity index (χ1v) is 9.18. The largest absolute Gasteiger partial charge is 0.472 e. The number of likely N-dealkylation sites (tertiary alicyclic amines) is 1. The van der Waals surface area contributed by atoms with Crippen molar-refractivity contribution in [3.8, 4) is 5.88 Å². The van der Waals surface area contributed by atoms with Crippen LogP contribution in [0.15, 0.2) is 6.07 Å². The molecule has 0 unspecified atom stereocenters. The number of likely N-dealkylation sites (N-methyl/N-ethyl adjacent to an activating group) is 1. The van der Waals surface area contributed by atoms with E-state index in [4.69, 9.17) is 4.74 Å². The molecule has 1 atom stereocenters. The van der Waals surface area contributed by atoms with E-state index in [1.54, 1.807) is 17.9 Å². The van der Waals surface area contributed by atoms with Crippen molar-refractivity contribution in [2.45, 2.75) is 26.4 Å². The summed E-state index contributed by atoms with van der Waals surface area (Å²) in [6.07, 6.45) is 1.63. The zero-order valence-electron chi connectivity index (χ0n) is 13.8. The summed E-state index contributed by atoms with van der Waals surface area (Å²) in [6.45, 7) is 4.48. The van der Waals surface area contributed by atoms with Gasteiger partial charge in [0.1, 0.15) is 11.9 Å². The van der Waals surface area contributed by atoms with E-state index in [9.17, 15) is 13.2 Å². The van der Waals surface area contributed by atoms with Gasteiger partial charge in [-0.05, 0) is 13.8 Å². The Kier molecular flexibility index (Phi) is 5.20. The van der Waals surface area contributed by atoms with Gasteiger partial charge in [0.2, 0.25) is 21.8 Å². The zero-order chi connectivity index (χ0) is 17.2. The Balaban J connectivity index is 1.92. The predicted octanol–water partition coefficient (Wildman–Crippen LogP) is -0.0355. The smallest absolute Gasteiger partial charge is 0.238 e. The van der Waals surface area contributed by atoms with E-state index >= 15 is 0 Å². The fraction of sp³-hybridized carbons (Fsp3) is 0.643. The van der Waals surface area contributed by atoms with Crippen molar-refractivity contribution in [2.24, 2.45) is 0 Å². The number of aryl methyl sites for hydroxylation is 2. The third-order valence-electron chi connectivity index (χ3n) is 3.65. The second kappa shape index (κ2) is 6.79. The van der Waals surface area contributed by atoms with E-state index in [-0.39, 0.29) is 18.6 Å². The van der Waals surface area contributed by atoms with Crippen LogP contribution in [0.4, 0.5) is 0 Å². The summed E-state index contributed by atoms with van der Waals surface area (Å²) in [5, 5.41) is 0. The lowest BCUT2D eigenvalue weighted by atomic mass is 10.3. The first kappa shape index (κ1) is 17.6. The van der Waals surface area contributed by atoms with Gasteiger partial charge >= 0.3 is 0 Å². The second-order valence-electron chi connectivity index (χ2n) is 5.78. The molecule has 23 heavy (non-hydrogen) atoms. The minimum atomic E-state index is -3.36. The minimum Gasteiger partial charge on any atom is -0.472 e. The molecule has 2 rings (SSSR count). The molecule has 9 heteroatoms. The van der Waals surface area contributed by atoms with Crippen LogP contribution < -0.4 is 4.74 Å². The normalized spacial score (nSPS) is 18.5. The van der Waals surface area contributed by atoms with Crippen LogP contribution in [0, 0.1) is 13.8 Å². The molecule has 0 bridgehead atoms. The van der Waals surface area contributed by atoms with Crippen molar-refractivity contribution < 1.29 is 17.9 Å². The number of ether oxygens (including phenoxy) is 1. The Morgan fingerprint density at radius 2 is 2.13 bits per heavy atom. The van der Waals surface area contributed by atoms with E-state index in [1.807, 2.05) is 6.92 Å². The number of amides is 1. The number of sulfonamides is 1. The van der Waals surface area contributed by atoms with E-state index < -0.39 is 10.0 Å². The molecule has 0 aliphatic carbocycles. The van der Waals surface area contributed by atoms with Crippen LogP contribution >= 0.6 is 0 Å². The topological polar surface area (TPSA) is 92.7 Å². The molecule has 1 saturated heterocycles. The van der Waals surface area contributed by atoms with Gasteiger partial charge in [0, 0.05) is 31.8 Å². The molecule has 2 heterocycles. The minimum absolute atomic E-state index is 0.142. The third-order valence-corrected chi connectivity index (χ3v) is 4.91. The Bertz CT molecular complexity index is 672. The number of aromatic nitrogens is 2. The monoisotopic (exact) mass is 342 g/mol. The molecule has 1 aliphatic rings. The van der Waals surface area contributed by atoms with Crippen molar-refractivity contribution in [3.05, 3.63) is 17.6 Å². The van der Waals surface area contributed by atoms with Crippen LogP contribution in [0.3, 0.4) is 0 Å². The molecule has 1 fully saturated rings. The molecular formula is C14H22N4O4S. The third kappa shape index (κ3) is 4.87. The van der Waals surface area contributed by atoms with Gasteiger partial charge in [-0.15, -0.1) is 0 Å². The molecule has 0 saturated carbocycles. The van der Waals surface area contributed by atoms with Crippen molar-refractivity contribution >= 4 is 15.9 Å². The highest BCUT2D eigenvalue weighted by atomic mass is 32.2. The van der Waals surface area contributed by atoms with Crippen molar-refractivity contribution in [1.29, 1.82) is 0 Å². The Labute approximate surface area is 136 Å². The lowest BCUT2D eigenvalue weighted by Gasteiger charge is -2.20. The number of hydrogen-bond donors (Lipinski definition) is 0. The SMILES string of the molecule is Cc1cc(O[C@H]2CCN(C(=O)CN(C)S(C)(=O)=O)C2)nc(C)n1. The number of carbonyl (C=O) groups excluding carboxylic acids is 1. The molecule has 1 amide bonds. The second-order valence-corrected chi connectivity index (χ2v) is 7.87. The maximum atomic E-state index is 12.1. The van der Waals surface area contributed by atoms with E-state index in [1.165, 1.54) is 7.05 Å². The number of carbonyl (C=O) groups is 1. The van der Waals surface area contributed by atoms with Crippen molar-refractivity contribution in [1.82, 2.24) is 19.2 Å². The van der Waals surface area contributed by atoms with Crippen molar-refractivity contribution in [3.63, 3.8) is 0 Å². The van der Waals surface area contributed by atoms with Crippen LogP contribution in [-0.2, 0) is 14.8 Å². The molecule has 128 valence electrons. The van der Waals surface area contributed by atoms with Crippen LogP contribution in [0.5, 0.6) is 5.88 Å². The average molecular weight is 342 g/mol. The molecule has 0 spiro atoms. The van der Waals surface area contributed by atoms with E-state index in [2.05, 4.69) is 9.97 Å². The first-order chi connectivity index (χ1) is 10.6. The number of nitrogens with zero attached hydrogens (tertiary/aromatic N) is 4. The highest BCUT2D eigenvalue weighted by Gasteiger charge is 2.29. The summed E-state index contributed by atoms with van der Waals surface area (Å²) in [4.78, 5) is 22.2. The lowest BCUT2D eigenvalue weighted by Crippen LogP contribution is -2.40. The first-order valence-electron chi connectivity index (χ1n) is 7.33. The number of hydrogen-bond acceptors (Lipinski definition) is 6. The molecular weight excluding hydrogens is 320 g/mol. The molecule has 8 nitrogen and oxygen atoms in total. The molecule has 1 aromatic heterocycles. The number of rotatable bonds is 5. The highest BCUT2D eigenvalue weighted by molar-refractivity contribution is 7.88. The maximum Gasteiger partial charge on any atom is 0.238 e. The summed E-state index contributed by atoms with van der Waals surface area (Å²) in [6, 6.07) is 1.76. The van der Waals surface area contributed by atoms with Gasteiger partial charge in [-0.1, -0.05) is 0 Å². The zero-order valence-corrected chi connectivity index (χ0v) is 14.6. The summed E-state index contributed by atoms with van der Waals surface area (Å²) < 4.78 is 29.6. The van der Waals surface area contributed by atoms with Gasteiger partial charge in [-0.2, -0.15) is 9.29 Å². The lowest BCUT2D eigenvalue weighted by molar-refractivity contribution is -0.130. The van der Waals surface area contributed by atoms with Crippen LogP contribution in [0.25, 0.3) is 0 Å². The summed E-state index contributed by atoms with van der Waals surface area (Å²) in [5.74, 6) is 0.919. The average Bonchev–Trinajstić information content (AvgIpc) is 2.84. The van der Waals surface area contributed by atoms with Gasteiger partial charge < -0.3 is 9.64 Å². The van der Waals surface area contributed by atoms with Gasteiger partial charge in [0.05, 0.1) is 19.3 Å². The Morgan fingerprint density at radius 1 is 1.43 bits per heavy atom. The predicted molar refractivity (Wildman–Crippen MR) is 84.6 cm³/mol. The highest BCUT2D eigenvalue weighted by Crippen LogP contribution is 2.17. The summed E-state index contributed by atoms with van der Waals surface area (Å²) in [7, 11) is -1.97. The summed E-state index contributed by atoms with van der Waals surface area (Å²) in [5.41, 5.74) is 0.827. The Hall–Kier alpha value is -1.74. The van der Waals surface area contributed by atoms with E-state index in [0.717, 1.165) is 16.3 Å². The van der Waals surface area contributed by atoms with Crippen molar-refractivity contribution in [2.75, 3.05) is 32.9 Å². The van der Waals surface area contributed by atoms with Gasteiger partial charge in [0.15, 0.2) is 0 Å². The molecule has 1 aliphatic heterocycles. The fourth-order valence-corrected chi connectivity index (χ4v) is 2.72.